The minimum atomic E-state index is -1.63. The number of nitrogens with one attached hydrogen (secondary N) is 1. The Kier molecular flexibility index (Phi) is 55.1. The number of carbonyl (C=O) groups excluding carboxylic acids is 2. The predicted molar refractivity (Wildman–Crippen MR) is 347 cm³/mol. The highest BCUT2D eigenvalue weighted by Gasteiger charge is 2.47. The van der Waals surface area contributed by atoms with Gasteiger partial charge in [-0.1, -0.05) is 272 Å². The lowest BCUT2D eigenvalue weighted by Crippen LogP contribution is -2.61. The number of aliphatic hydroxyl groups excluding tert-OH is 5. The summed E-state index contributed by atoms with van der Waals surface area (Å²) in [5.74, 6) is -1.26. The van der Waals surface area contributed by atoms with Crippen molar-refractivity contribution >= 4 is 11.9 Å². The number of amides is 1. The normalized spacial score (nSPS) is 19.2. The molecule has 0 bridgehead atoms. The van der Waals surface area contributed by atoms with Crippen LogP contribution < -0.4 is 5.32 Å². The monoisotopic (exact) mass is 1160 g/mol. The molecule has 0 aromatic heterocycles. The molecular weight excluding hydrogens is 1040 g/mol. The van der Waals surface area contributed by atoms with E-state index in [0.717, 1.165) is 89.9 Å². The summed E-state index contributed by atoms with van der Waals surface area (Å²) in [5, 5.41) is 57.1. The molecule has 0 radical (unpaired) electrons. The fourth-order valence-corrected chi connectivity index (χ4v) is 10.1. The molecule has 83 heavy (non-hydrogen) atoms. The van der Waals surface area contributed by atoms with Gasteiger partial charge in [-0.3, -0.25) is 9.59 Å². The van der Waals surface area contributed by atoms with E-state index in [-0.39, 0.29) is 19.4 Å². The maximum absolute atomic E-state index is 13.4. The quantitative estimate of drug-likeness (QED) is 0.0195. The highest BCUT2D eigenvalue weighted by atomic mass is 16.7. The number of ether oxygens (including phenoxy) is 3. The standard InChI is InChI=1S/C72H125NO10/c1-4-7-10-13-16-19-22-25-27-29-30-31-32-33-34-35-36-37-39-42-45-48-51-54-57-60-67(77)83-70-69(79)68(78)66(61-74)82-72(70)81-62-63(64(75)58-55-52-49-46-43-40-24-21-18-15-12-9-6-3)73-71(80)65(76)59-56-53-50-47-44-41-38-28-26-23-20-17-14-11-8-5-2/h16-17,19-20,25-28,30-31,41,44,50,53,55,58,63-66,68-70,72,74-76,78-79H,4-15,18,21-24,29,32-40,42-43,45-49,51-52,54,56-57,59-62H2,1-3H3,(H,73,80)/b19-16-,20-17-,27-25-,28-26-,31-30-,44-41-,53-50-,58-55+. The first kappa shape index (κ1) is 77.6. The second-order valence-corrected chi connectivity index (χ2v) is 23.2. The summed E-state index contributed by atoms with van der Waals surface area (Å²) < 4.78 is 17.6. The maximum Gasteiger partial charge on any atom is 0.306 e. The molecule has 1 rings (SSSR count). The molecule has 11 nitrogen and oxygen atoms in total. The molecule has 6 N–H and O–H groups in total. The smallest absolute Gasteiger partial charge is 0.306 e. The number of esters is 1. The first-order valence-electron chi connectivity index (χ1n) is 34.0. The lowest BCUT2D eigenvalue weighted by atomic mass is 9.99. The van der Waals surface area contributed by atoms with Crippen LogP contribution >= 0.6 is 0 Å². The van der Waals surface area contributed by atoms with Crippen molar-refractivity contribution in [1.82, 2.24) is 5.32 Å². The van der Waals surface area contributed by atoms with Gasteiger partial charge in [0.1, 0.15) is 24.4 Å². The lowest BCUT2D eigenvalue weighted by molar-refractivity contribution is -0.305. The summed E-state index contributed by atoms with van der Waals surface area (Å²) in [6.45, 7) is 5.71. The second kappa shape index (κ2) is 58.9. The van der Waals surface area contributed by atoms with Gasteiger partial charge in [-0.15, -0.1) is 0 Å². The van der Waals surface area contributed by atoms with Gasteiger partial charge >= 0.3 is 5.97 Å². The number of allylic oxidation sites excluding steroid dienone is 15. The summed E-state index contributed by atoms with van der Waals surface area (Å²) in [4.78, 5) is 26.6. The van der Waals surface area contributed by atoms with E-state index in [0.29, 0.717) is 12.8 Å². The number of aliphatic hydroxyl groups is 5. The zero-order valence-corrected chi connectivity index (χ0v) is 53.0. The molecule has 478 valence electrons. The molecule has 0 aromatic carbocycles. The van der Waals surface area contributed by atoms with E-state index in [9.17, 15) is 35.1 Å². The van der Waals surface area contributed by atoms with Crippen molar-refractivity contribution < 1.29 is 49.3 Å². The average Bonchev–Trinajstić information content (AvgIpc) is 3.67. The molecule has 1 aliphatic rings. The third-order valence-corrected chi connectivity index (χ3v) is 15.5. The first-order valence-corrected chi connectivity index (χ1v) is 34.0. The molecule has 1 aliphatic heterocycles. The minimum absolute atomic E-state index is 0.111. The van der Waals surface area contributed by atoms with Gasteiger partial charge in [-0.2, -0.15) is 0 Å². The van der Waals surface area contributed by atoms with Gasteiger partial charge in [-0.25, -0.2) is 0 Å². The molecule has 8 atom stereocenters. The van der Waals surface area contributed by atoms with Crippen molar-refractivity contribution in [3.8, 4) is 0 Å². The SMILES string of the molecule is CCCCC/C=C\C/C=C\C/C=C\C/C=C\CCC(O)C(=O)NC(COC1OC(CO)C(O)C(O)C1OC(=O)CCCCCCCCCCCCCC/C=C\C/C=C\C/C=C\CCCCC)C(O)/C=C/CCCCCCCCCCCCC. The lowest BCUT2D eigenvalue weighted by Gasteiger charge is -2.41. The topological polar surface area (TPSA) is 175 Å². The number of unbranched alkanes of at least 4 members (excludes halogenated alkanes) is 29. The van der Waals surface area contributed by atoms with E-state index >= 15 is 0 Å². The van der Waals surface area contributed by atoms with Gasteiger partial charge in [0.15, 0.2) is 12.4 Å². The van der Waals surface area contributed by atoms with Crippen molar-refractivity contribution in [3.05, 3.63) is 97.2 Å². The predicted octanol–water partition coefficient (Wildman–Crippen LogP) is 17.1. The summed E-state index contributed by atoms with van der Waals surface area (Å²) >= 11 is 0. The van der Waals surface area contributed by atoms with Crippen LogP contribution in [0, 0.1) is 0 Å². The van der Waals surface area contributed by atoms with E-state index in [2.05, 4.69) is 99.0 Å². The molecule has 0 aliphatic carbocycles. The van der Waals surface area contributed by atoms with Crippen LogP contribution in [-0.2, 0) is 23.8 Å². The summed E-state index contributed by atoms with van der Waals surface area (Å²) in [6, 6.07) is -1.06. The Morgan fingerprint density at radius 2 is 0.831 bits per heavy atom. The van der Waals surface area contributed by atoms with Crippen LogP contribution in [0.15, 0.2) is 97.2 Å². The van der Waals surface area contributed by atoms with Crippen molar-refractivity contribution in [2.24, 2.45) is 0 Å². The highest BCUT2D eigenvalue weighted by Crippen LogP contribution is 2.26. The van der Waals surface area contributed by atoms with Crippen LogP contribution in [0.1, 0.15) is 284 Å². The van der Waals surface area contributed by atoms with Crippen LogP contribution in [0.2, 0.25) is 0 Å². The van der Waals surface area contributed by atoms with Crippen LogP contribution in [0.4, 0.5) is 0 Å². The minimum Gasteiger partial charge on any atom is -0.454 e. The maximum atomic E-state index is 13.4. The third kappa shape index (κ3) is 46.5. The average molecular weight is 1160 g/mol. The molecule has 8 unspecified atom stereocenters. The van der Waals surface area contributed by atoms with Gasteiger partial charge in [0, 0.05) is 6.42 Å². The number of hydrogen-bond donors (Lipinski definition) is 6. The molecule has 1 fully saturated rings. The van der Waals surface area contributed by atoms with Crippen molar-refractivity contribution in [2.45, 2.75) is 333 Å². The van der Waals surface area contributed by atoms with Gasteiger partial charge in [-0.05, 0) is 103 Å². The van der Waals surface area contributed by atoms with Crippen LogP contribution in [0.5, 0.6) is 0 Å². The molecule has 1 heterocycles. The van der Waals surface area contributed by atoms with Crippen LogP contribution in [-0.4, -0.2) is 99.6 Å². The van der Waals surface area contributed by atoms with E-state index in [1.807, 2.05) is 18.2 Å². The third-order valence-electron chi connectivity index (χ3n) is 15.5. The van der Waals surface area contributed by atoms with Crippen molar-refractivity contribution in [3.63, 3.8) is 0 Å². The molecule has 1 saturated heterocycles. The van der Waals surface area contributed by atoms with E-state index in [4.69, 9.17) is 14.2 Å². The molecule has 0 aromatic rings. The molecule has 1 amide bonds. The highest BCUT2D eigenvalue weighted by molar-refractivity contribution is 5.80. The Balaban J connectivity index is 2.63. The summed E-state index contributed by atoms with van der Waals surface area (Å²) in [5.41, 5.74) is 0. The zero-order chi connectivity index (χ0) is 60.3. The Bertz CT molecular complexity index is 1720. The van der Waals surface area contributed by atoms with Crippen LogP contribution in [0.25, 0.3) is 0 Å². The Hall–Kier alpha value is -3.42. The number of carbonyl (C=O) groups is 2. The van der Waals surface area contributed by atoms with Gasteiger partial charge in [0.05, 0.1) is 25.4 Å². The van der Waals surface area contributed by atoms with E-state index < -0.39 is 67.4 Å². The second-order valence-electron chi connectivity index (χ2n) is 23.2. The zero-order valence-electron chi connectivity index (χ0n) is 53.0. The fraction of sp³-hybridized carbons (Fsp3) is 0.750. The number of hydrogen-bond acceptors (Lipinski definition) is 10. The Labute approximate surface area is 507 Å². The molecule has 0 spiro atoms. The van der Waals surface area contributed by atoms with Crippen molar-refractivity contribution in [2.75, 3.05) is 13.2 Å². The van der Waals surface area contributed by atoms with Crippen LogP contribution in [0.3, 0.4) is 0 Å². The molecular formula is C72H125NO10. The largest absolute Gasteiger partial charge is 0.454 e. The molecule has 0 saturated carbocycles. The first-order chi connectivity index (χ1) is 40.7. The van der Waals surface area contributed by atoms with Gasteiger partial charge in [0.2, 0.25) is 5.91 Å². The van der Waals surface area contributed by atoms with Crippen molar-refractivity contribution in [1.29, 1.82) is 0 Å². The van der Waals surface area contributed by atoms with Gasteiger partial charge < -0.3 is 45.1 Å². The Morgan fingerprint density at radius 3 is 1.27 bits per heavy atom. The molecule has 11 heteroatoms. The van der Waals surface area contributed by atoms with Gasteiger partial charge in [0.25, 0.3) is 0 Å². The van der Waals surface area contributed by atoms with E-state index in [1.54, 1.807) is 6.08 Å². The summed E-state index contributed by atoms with van der Waals surface area (Å²) in [6.07, 6.45) is 68.8. The number of rotatable bonds is 57. The van der Waals surface area contributed by atoms with E-state index in [1.165, 1.54) is 148 Å². The fourth-order valence-electron chi connectivity index (χ4n) is 10.1. The Morgan fingerprint density at radius 1 is 0.470 bits per heavy atom. The summed E-state index contributed by atoms with van der Waals surface area (Å²) in [7, 11) is 0.